The molecule has 4 heteroatoms. The Bertz CT molecular complexity index is 284. The summed E-state index contributed by atoms with van der Waals surface area (Å²) >= 11 is 0. The molecule has 2 aliphatic carbocycles. The molecular formula is C8H6F3N. The maximum atomic E-state index is 12.0. The van der Waals surface area contributed by atoms with Crippen LogP contribution in [0.2, 0.25) is 0 Å². The van der Waals surface area contributed by atoms with E-state index in [0.29, 0.717) is 0 Å². The van der Waals surface area contributed by atoms with Crippen LogP contribution in [-0.2, 0) is 0 Å². The molecule has 0 saturated heterocycles. The van der Waals surface area contributed by atoms with Gasteiger partial charge in [-0.15, -0.1) is 0 Å². The molecule has 0 radical (unpaired) electrons. The van der Waals surface area contributed by atoms with Crippen LogP contribution in [0.1, 0.15) is 6.42 Å². The van der Waals surface area contributed by atoms with E-state index in [0.717, 1.165) is 0 Å². The van der Waals surface area contributed by atoms with E-state index < -0.39 is 11.7 Å². The molecule has 1 nitrogen and oxygen atoms in total. The Morgan fingerprint density at radius 3 is 2.50 bits per heavy atom. The molecule has 0 aliphatic heterocycles. The molecule has 0 spiro atoms. The van der Waals surface area contributed by atoms with Crippen molar-refractivity contribution in [3.63, 3.8) is 0 Å². The number of fused-ring (bicyclic) bond motifs is 1. The highest BCUT2D eigenvalue weighted by Crippen LogP contribution is 2.58. The van der Waals surface area contributed by atoms with Gasteiger partial charge in [-0.25, -0.2) is 0 Å². The van der Waals surface area contributed by atoms with Crippen LogP contribution in [-0.4, -0.2) is 6.18 Å². The van der Waals surface area contributed by atoms with Crippen molar-refractivity contribution in [3.8, 4) is 6.07 Å². The molecule has 0 aromatic rings. The van der Waals surface area contributed by atoms with Gasteiger partial charge in [0.15, 0.2) is 0 Å². The maximum Gasteiger partial charge on any atom is 0.412 e. The molecule has 0 bridgehead atoms. The van der Waals surface area contributed by atoms with Crippen LogP contribution in [0.4, 0.5) is 13.2 Å². The summed E-state index contributed by atoms with van der Waals surface area (Å²) in [5, 5.41) is 8.44. The minimum atomic E-state index is -4.17. The van der Waals surface area contributed by atoms with E-state index >= 15 is 0 Å². The molecule has 12 heavy (non-hydrogen) atoms. The van der Waals surface area contributed by atoms with Crippen LogP contribution in [0.15, 0.2) is 11.6 Å². The van der Waals surface area contributed by atoms with Gasteiger partial charge in [0.1, 0.15) is 0 Å². The third-order valence-electron chi connectivity index (χ3n) is 2.59. The van der Waals surface area contributed by atoms with E-state index in [1.165, 1.54) is 6.08 Å². The second kappa shape index (κ2) is 2.03. The number of allylic oxidation sites excluding steroid dienone is 2. The molecule has 0 aromatic carbocycles. The zero-order chi connectivity index (χ0) is 8.93. The van der Waals surface area contributed by atoms with Crippen LogP contribution in [0, 0.1) is 29.1 Å². The number of rotatable bonds is 0. The number of hydrogen-bond acceptors (Lipinski definition) is 1. The van der Waals surface area contributed by atoms with Gasteiger partial charge in [-0.1, -0.05) is 6.08 Å². The number of hydrogen-bond donors (Lipinski definition) is 0. The van der Waals surface area contributed by atoms with Gasteiger partial charge in [0, 0.05) is 5.57 Å². The fourth-order valence-corrected chi connectivity index (χ4v) is 1.84. The first-order valence-corrected chi connectivity index (χ1v) is 3.71. The molecular weight excluding hydrogens is 167 g/mol. The molecule has 2 rings (SSSR count). The Hall–Kier alpha value is -0.980. The number of nitrogens with zero attached hydrogens (tertiary/aromatic N) is 1. The summed E-state index contributed by atoms with van der Waals surface area (Å²) in [7, 11) is 0. The van der Waals surface area contributed by atoms with Gasteiger partial charge in [-0.05, 0) is 18.3 Å². The van der Waals surface area contributed by atoms with Crippen LogP contribution in [0.25, 0.3) is 0 Å². The molecule has 0 N–H and O–H groups in total. The number of alkyl halides is 3. The summed E-state index contributed by atoms with van der Waals surface area (Å²) in [4.78, 5) is 0. The second-order valence-corrected chi connectivity index (χ2v) is 3.29. The summed E-state index contributed by atoms with van der Waals surface area (Å²) in [6.45, 7) is 0. The average molecular weight is 173 g/mol. The van der Waals surface area contributed by atoms with E-state index in [1.54, 1.807) is 0 Å². The summed E-state index contributed by atoms with van der Waals surface area (Å²) < 4.78 is 36.1. The SMILES string of the molecule is N#CC1C2C=C(C(F)(F)F)CC12. The highest BCUT2D eigenvalue weighted by Gasteiger charge is 2.56. The predicted molar refractivity (Wildman–Crippen MR) is 34.8 cm³/mol. The van der Waals surface area contributed by atoms with Crippen LogP contribution in [0.5, 0.6) is 0 Å². The molecule has 3 unspecified atom stereocenters. The third kappa shape index (κ3) is 0.927. The smallest absolute Gasteiger partial charge is 0.198 e. The standard InChI is InChI=1S/C8H6F3N/c9-8(10,11)4-1-5-6(2-4)7(5)3-12/h1,5-7H,2H2. The van der Waals surface area contributed by atoms with Crippen molar-refractivity contribution >= 4 is 0 Å². The minimum Gasteiger partial charge on any atom is -0.198 e. The first kappa shape index (κ1) is 7.66. The Morgan fingerprint density at radius 2 is 2.17 bits per heavy atom. The predicted octanol–water partition coefficient (Wildman–Crippen LogP) is 2.26. The quantitative estimate of drug-likeness (QED) is 0.515. The van der Waals surface area contributed by atoms with Gasteiger partial charge in [0.05, 0.1) is 12.0 Å². The number of halogens is 3. The van der Waals surface area contributed by atoms with E-state index in [-0.39, 0.29) is 24.2 Å². The molecule has 1 fully saturated rings. The fraction of sp³-hybridized carbons (Fsp3) is 0.625. The molecule has 2 aliphatic rings. The zero-order valence-electron chi connectivity index (χ0n) is 6.10. The number of nitriles is 1. The average Bonchev–Trinajstić information content (AvgIpc) is 2.39. The van der Waals surface area contributed by atoms with E-state index in [4.69, 9.17) is 5.26 Å². The van der Waals surface area contributed by atoms with Crippen LogP contribution >= 0.6 is 0 Å². The maximum absolute atomic E-state index is 12.0. The molecule has 3 atom stereocenters. The van der Waals surface area contributed by atoms with Crippen molar-refractivity contribution in [1.82, 2.24) is 0 Å². The van der Waals surface area contributed by atoms with E-state index in [9.17, 15) is 13.2 Å². The monoisotopic (exact) mass is 173 g/mol. The van der Waals surface area contributed by atoms with Gasteiger partial charge in [0.2, 0.25) is 0 Å². The summed E-state index contributed by atoms with van der Waals surface area (Å²) in [5.74, 6) is -0.283. The Morgan fingerprint density at radius 1 is 1.50 bits per heavy atom. The summed E-state index contributed by atoms with van der Waals surface area (Å²) in [6, 6.07) is 2.00. The lowest BCUT2D eigenvalue weighted by atomic mass is 10.1. The van der Waals surface area contributed by atoms with E-state index in [2.05, 4.69) is 0 Å². The van der Waals surface area contributed by atoms with Crippen molar-refractivity contribution < 1.29 is 13.2 Å². The van der Waals surface area contributed by atoms with Crippen molar-refractivity contribution in [2.45, 2.75) is 12.6 Å². The van der Waals surface area contributed by atoms with Gasteiger partial charge in [-0.2, -0.15) is 18.4 Å². The lowest BCUT2D eigenvalue weighted by molar-refractivity contribution is -0.0939. The van der Waals surface area contributed by atoms with E-state index in [1.807, 2.05) is 6.07 Å². The Balaban J connectivity index is 2.10. The normalized spacial score (nSPS) is 38.5. The van der Waals surface area contributed by atoms with Gasteiger partial charge in [-0.3, -0.25) is 0 Å². The lowest BCUT2D eigenvalue weighted by Crippen LogP contribution is -2.11. The highest BCUT2D eigenvalue weighted by atomic mass is 19.4. The van der Waals surface area contributed by atoms with Crippen LogP contribution in [0.3, 0.4) is 0 Å². The first-order valence-electron chi connectivity index (χ1n) is 3.71. The van der Waals surface area contributed by atoms with Gasteiger partial charge >= 0.3 is 6.18 Å². The van der Waals surface area contributed by atoms with Crippen molar-refractivity contribution in [2.24, 2.45) is 17.8 Å². The van der Waals surface area contributed by atoms with Gasteiger partial charge in [0.25, 0.3) is 0 Å². The Kier molecular flexibility index (Phi) is 1.30. The first-order chi connectivity index (χ1) is 5.54. The van der Waals surface area contributed by atoms with Crippen molar-refractivity contribution in [3.05, 3.63) is 11.6 Å². The minimum absolute atomic E-state index is 0.0355. The molecule has 0 heterocycles. The van der Waals surface area contributed by atoms with Crippen molar-refractivity contribution in [1.29, 1.82) is 5.26 Å². The topological polar surface area (TPSA) is 23.8 Å². The van der Waals surface area contributed by atoms with Crippen molar-refractivity contribution in [2.75, 3.05) is 0 Å². The molecule has 64 valence electrons. The third-order valence-corrected chi connectivity index (χ3v) is 2.59. The fourth-order valence-electron chi connectivity index (χ4n) is 1.84. The van der Waals surface area contributed by atoms with Gasteiger partial charge < -0.3 is 0 Å². The molecule has 0 aromatic heterocycles. The Labute approximate surface area is 67.5 Å². The molecule has 1 saturated carbocycles. The summed E-state index contributed by atoms with van der Waals surface area (Å²) in [5.41, 5.74) is -0.441. The largest absolute Gasteiger partial charge is 0.412 e. The summed E-state index contributed by atoms with van der Waals surface area (Å²) in [6.07, 6.45) is -2.90. The highest BCUT2D eigenvalue weighted by molar-refractivity contribution is 5.31. The van der Waals surface area contributed by atoms with Crippen LogP contribution < -0.4 is 0 Å². The second-order valence-electron chi connectivity index (χ2n) is 3.29. The zero-order valence-corrected chi connectivity index (χ0v) is 6.10. The lowest BCUT2D eigenvalue weighted by Gasteiger charge is -2.07. The molecule has 0 amide bonds.